The van der Waals surface area contributed by atoms with Crippen molar-refractivity contribution < 1.29 is 4.79 Å². The van der Waals surface area contributed by atoms with Crippen LogP contribution in [-0.4, -0.2) is 16.9 Å². The normalized spacial score (nSPS) is 11.5. The molecule has 1 unspecified atom stereocenters. The Bertz CT molecular complexity index is 384. The minimum Gasteiger partial charge on any atom is -0.339 e. The van der Waals surface area contributed by atoms with E-state index in [1.165, 1.54) is 0 Å². The van der Waals surface area contributed by atoms with Gasteiger partial charge < -0.3 is 5.32 Å². The van der Waals surface area contributed by atoms with Crippen molar-refractivity contribution in [3.8, 4) is 12.3 Å². The molecule has 0 spiro atoms. The van der Waals surface area contributed by atoms with E-state index in [9.17, 15) is 4.79 Å². The predicted molar refractivity (Wildman–Crippen MR) is 57.7 cm³/mol. The summed E-state index contributed by atoms with van der Waals surface area (Å²) >= 11 is 3.18. The monoisotopic (exact) mass is 252 g/mol. The number of terminal acetylenes is 1. The SMILES string of the molecule is C#CC(C)NC(=O)c1ccnc(Br)c1. The first-order valence-electron chi connectivity index (χ1n) is 4.02. The minimum absolute atomic E-state index is 0.196. The van der Waals surface area contributed by atoms with E-state index in [0.29, 0.717) is 10.2 Å². The maximum Gasteiger partial charge on any atom is 0.252 e. The molecular weight excluding hydrogens is 244 g/mol. The van der Waals surface area contributed by atoms with Crippen LogP contribution in [0, 0.1) is 12.3 Å². The molecule has 14 heavy (non-hydrogen) atoms. The second-order valence-corrected chi connectivity index (χ2v) is 3.54. The molecule has 4 heteroatoms. The quantitative estimate of drug-likeness (QED) is 0.642. The number of hydrogen-bond acceptors (Lipinski definition) is 2. The van der Waals surface area contributed by atoms with Gasteiger partial charge in [0.1, 0.15) is 4.60 Å². The topological polar surface area (TPSA) is 42.0 Å². The Morgan fingerprint density at radius 2 is 2.50 bits per heavy atom. The van der Waals surface area contributed by atoms with Crippen LogP contribution in [0.2, 0.25) is 0 Å². The average Bonchev–Trinajstić information content (AvgIpc) is 2.17. The third-order valence-corrected chi connectivity index (χ3v) is 2.02. The summed E-state index contributed by atoms with van der Waals surface area (Å²) < 4.78 is 0.624. The van der Waals surface area contributed by atoms with Gasteiger partial charge in [-0.25, -0.2) is 4.98 Å². The molecule has 0 bridgehead atoms. The van der Waals surface area contributed by atoms with Crippen LogP contribution in [-0.2, 0) is 0 Å². The van der Waals surface area contributed by atoms with Crippen molar-refractivity contribution in [2.75, 3.05) is 0 Å². The Morgan fingerprint density at radius 3 is 3.07 bits per heavy atom. The van der Waals surface area contributed by atoms with Crippen molar-refractivity contribution >= 4 is 21.8 Å². The van der Waals surface area contributed by atoms with Crippen LogP contribution in [0.5, 0.6) is 0 Å². The Balaban J connectivity index is 2.76. The van der Waals surface area contributed by atoms with Crippen LogP contribution in [0.15, 0.2) is 22.9 Å². The highest BCUT2D eigenvalue weighted by Crippen LogP contribution is 2.07. The summed E-state index contributed by atoms with van der Waals surface area (Å²) in [6.07, 6.45) is 6.70. The zero-order chi connectivity index (χ0) is 10.6. The Kier molecular flexibility index (Phi) is 3.66. The second-order valence-electron chi connectivity index (χ2n) is 2.73. The lowest BCUT2D eigenvalue weighted by molar-refractivity contribution is 0.0948. The molecule has 0 aliphatic heterocycles. The fraction of sp³-hybridized carbons (Fsp3) is 0.200. The van der Waals surface area contributed by atoms with Crippen molar-refractivity contribution in [2.45, 2.75) is 13.0 Å². The Labute approximate surface area is 91.1 Å². The molecular formula is C10H9BrN2O. The molecule has 1 atom stereocenters. The lowest BCUT2D eigenvalue weighted by Gasteiger charge is -2.07. The van der Waals surface area contributed by atoms with E-state index in [2.05, 4.69) is 32.2 Å². The van der Waals surface area contributed by atoms with Crippen LogP contribution in [0.25, 0.3) is 0 Å². The molecule has 72 valence electrons. The molecule has 0 saturated heterocycles. The molecule has 1 rings (SSSR count). The number of amides is 1. The maximum atomic E-state index is 11.5. The van der Waals surface area contributed by atoms with Crippen LogP contribution < -0.4 is 5.32 Å². The smallest absolute Gasteiger partial charge is 0.252 e. The number of nitrogens with one attached hydrogen (secondary N) is 1. The Morgan fingerprint density at radius 1 is 1.79 bits per heavy atom. The molecule has 0 aromatic carbocycles. The van der Waals surface area contributed by atoms with Crippen LogP contribution >= 0.6 is 15.9 Å². The molecule has 1 aromatic rings. The standard InChI is InChI=1S/C10H9BrN2O/c1-3-7(2)13-10(14)8-4-5-12-9(11)6-8/h1,4-7H,2H3,(H,13,14). The van der Waals surface area contributed by atoms with E-state index >= 15 is 0 Å². The molecule has 1 amide bonds. The van der Waals surface area contributed by atoms with Gasteiger partial charge in [0.25, 0.3) is 5.91 Å². The van der Waals surface area contributed by atoms with Crippen LogP contribution in [0.3, 0.4) is 0 Å². The minimum atomic E-state index is -0.269. The van der Waals surface area contributed by atoms with Gasteiger partial charge in [0.2, 0.25) is 0 Å². The molecule has 0 saturated carbocycles. The highest BCUT2D eigenvalue weighted by molar-refractivity contribution is 9.10. The first-order chi connectivity index (χ1) is 6.63. The fourth-order valence-electron chi connectivity index (χ4n) is 0.865. The maximum absolute atomic E-state index is 11.5. The summed E-state index contributed by atoms with van der Waals surface area (Å²) in [6, 6.07) is 3.00. The predicted octanol–water partition coefficient (Wildman–Crippen LogP) is 1.60. The lowest BCUT2D eigenvalue weighted by Crippen LogP contribution is -2.31. The first kappa shape index (κ1) is 10.7. The number of aromatic nitrogens is 1. The summed E-state index contributed by atoms with van der Waals surface area (Å²) in [5, 5.41) is 2.65. The summed E-state index contributed by atoms with van der Waals surface area (Å²) in [5.41, 5.74) is 0.536. The summed E-state index contributed by atoms with van der Waals surface area (Å²) in [4.78, 5) is 15.4. The molecule has 3 nitrogen and oxygen atoms in total. The summed E-state index contributed by atoms with van der Waals surface area (Å²) in [5.74, 6) is 2.23. The van der Waals surface area contributed by atoms with Gasteiger partial charge in [-0.3, -0.25) is 4.79 Å². The number of carbonyl (C=O) groups is 1. The zero-order valence-corrected chi connectivity index (χ0v) is 9.21. The molecule has 1 N–H and O–H groups in total. The van der Waals surface area contributed by atoms with Crippen molar-refractivity contribution in [3.63, 3.8) is 0 Å². The van der Waals surface area contributed by atoms with Gasteiger partial charge in [-0.15, -0.1) is 6.42 Å². The van der Waals surface area contributed by atoms with Crippen molar-refractivity contribution in [2.24, 2.45) is 0 Å². The van der Waals surface area contributed by atoms with Gasteiger partial charge in [-0.1, -0.05) is 5.92 Å². The van der Waals surface area contributed by atoms with Gasteiger partial charge in [0, 0.05) is 11.8 Å². The van der Waals surface area contributed by atoms with E-state index < -0.39 is 0 Å². The largest absolute Gasteiger partial charge is 0.339 e. The van der Waals surface area contributed by atoms with E-state index in [0.717, 1.165) is 0 Å². The number of carbonyl (C=O) groups excluding carboxylic acids is 1. The first-order valence-corrected chi connectivity index (χ1v) is 4.81. The molecule has 0 aliphatic rings. The van der Waals surface area contributed by atoms with E-state index in [4.69, 9.17) is 6.42 Å². The lowest BCUT2D eigenvalue weighted by atomic mass is 10.2. The third-order valence-electron chi connectivity index (χ3n) is 1.59. The summed E-state index contributed by atoms with van der Waals surface area (Å²) in [6.45, 7) is 1.74. The van der Waals surface area contributed by atoms with Crippen LogP contribution in [0.1, 0.15) is 17.3 Å². The van der Waals surface area contributed by atoms with Crippen LogP contribution in [0.4, 0.5) is 0 Å². The highest BCUT2D eigenvalue weighted by Gasteiger charge is 2.07. The van der Waals surface area contributed by atoms with E-state index in [-0.39, 0.29) is 11.9 Å². The number of pyridine rings is 1. The van der Waals surface area contributed by atoms with E-state index in [1.54, 1.807) is 25.3 Å². The fourth-order valence-corrected chi connectivity index (χ4v) is 1.23. The molecule has 1 aromatic heterocycles. The number of hydrogen-bond donors (Lipinski definition) is 1. The van der Waals surface area contributed by atoms with Gasteiger partial charge in [0.15, 0.2) is 0 Å². The third kappa shape index (κ3) is 2.86. The number of halogens is 1. The van der Waals surface area contributed by atoms with Crippen molar-refractivity contribution in [1.82, 2.24) is 10.3 Å². The molecule has 0 aliphatic carbocycles. The second kappa shape index (κ2) is 4.77. The molecule has 1 heterocycles. The van der Waals surface area contributed by atoms with Gasteiger partial charge in [-0.05, 0) is 35.0 Å². The van der Waals surface area contributed by atoms with Crippen molar-refractivity contribution in [3.05, 3.63) is 28.5 Å². The highest BCUT2D eigenvalue weighted by atomic mass is 79.9. The van der Waals surface area contributed by atoms with Gasteiger partial charge in [-0.2, -0.15) is 0 Å². The summed E-state index contributed by atoms with van der Waals surface area (Å²) in [7, 11) is 0. The van der Waals surface area contributed by atoms with Gasteiger partial charge in [0.05, 0.1) is 6.04 Å². The molecule has 0 radical (unpaired) electrons. The zero-order valence-electron chi connectivity index (χ0n) is 7.62. The number of rotatable bonds is 2. The Hall–Kier alpha value is -1.34. The average molecular weight is 253 g/mol. The molecule has 0 fully saturated rings. The van der Waals surface area contributed by atoms with Crippen molar-refractivity contribution in [1.29, 1.82) is 0 Å². The number of nitrogens with zero attached hydrogens (tertiary/aromatic N) is 1. The van der Waals surface area contributed by atoms with E-state index in [1.807, 2.05) is 0 Å². The van der Waals surface area contributed by atoms with Gasteiger partial charge >= 0.3 is 0 Å².